The Labute approximate surface area is 107 Å². The molecule has 1 rings (SSSR count). The quantitative estimate of drug-likeness (QED) is 0.743. The molecule has 1 heterocycles. The summed E-state index contributed by atoms with van der Waals surface area (Å²) >= 11 is 0. The standard InChI is InChI=1S/C13H22N2O3/c1-4-11-9-15(13(17)14-12(11)16)6-8-18-7-5-10(2)3/h9-10H,4-8H2,1-3H3,(H,14,16,17). The number of aromatic amines is 1. The van der Waals surface area contributed by atoms with Crippen molar-refractivity contribution in [2.45, 2.75) is 40.2 Å². The van der Waals surface area contributed by atoms with Crippen LogP contribution in [0.5, 0.6) is 0 Å². The van der Waals surface area contributed by atoms with Gasteiger partial charge in [-0.05, 0) is 18.8 Å². The van der Waals surface area contributed by atoms with E-state index in [9.17, 15) is 9.59 Å². The molecule has 18 heavy (non-hydrogen) atoms. The average Bonchev–Trinajstić information content (AvgIpc) is 2.30. The maximum absolute atomic E-state index is 11.5. The van der Waals surface area contributed by atoms with Crippen molar-refractivity contribution in [1.82, 2.24) is 9.55 Å². The first kappa shape index (κ1) is 14.7. The molecule has 0 aliphatic carbocycles. The zero-order valence-electron chi connectivity index (χ0n) is 11.4. The fraction of sp³-hybridized carbons (Fsp3) is 0.692. The number of aromatic nitrogens is 2. The summed E-state index contributed by atoms with van der Waals surface area (Å²) in [5.41, 5.74) is -0.0408. The van der Waals surface area contributed by atoms with Gasteiger partial charge in [0.25, 0.3) is 5.56 Å². The van der Waals surface area contributed by atoms with Crippen LogP contribution in [0, 0.1) is 5.92 Å². The molecular weight excluding hydrogens is 232 g/mol. The summed E-state index contributed by atoms with van der Waals surface area (Å²) in [5.74, 6) is 0.618. The van der Waals surface area contributed by atoms with Gasteiger partial charge in [-0.15, -0.1) is 0 Å². The van der Waals surface area contributed by atoms with Crippen molar-refractivity contribution in [2.24, 2.45) is 5.92 Å². The van der Waals surface area contributed by atoms with Crippen LogP contribution in [0.25, 0.3) is 0 Å². The lowest BCUT2D eigenvalue weighted by molar-refractivity contribution is 0.115. The van der Waals surface area contributed by atoms with Crippen molar-refractivity contribution in [2.75, 3.05) is 13.2 Å². The van der Waals surface area contributed by atoms with Crippen molar-refractivity contribution in [1.29, 1.82) is 0 Å². The normalized spacial score (nSPS) is 11.1. The second kappa shape index (κ2) is 7.16. The largest absolute Gasteiger partial charge is 0.380 e. The Morgan fingerprint density at radius 1 is 1.33 bits per heavy atom. The number of hydrogen-bond acceptors (Lipinski definition) is 3. The third-order valence-corrected chi connectivity index (χ3v) is 2.78. The summed E-state index contributed by atoms with van der Waals surface area (Å²) in [6.45, 7) is 7.84. The molecule has 5 nitrogen and oxygen atoms in total. The number of H-pyrrole nitrogens is 1. The van der Waals surface area contributed by atoms with Gasteiger partial charge in [-0.1, -0.05) is 20.8 Å². The van der Waals surface area contributed by atoms with Gasteiger partial charge in [0.1, 0.15) is 0 Å². The fourth-order valence-electron chi connectivity index (χ4n) is 1.56. The zero-order chi connectivity index (χ0) is 13.5. The average molecular weight is 254 g/mol. The van der Waals surface area contributed by atoms with E-state index in [0.29, 0.717) is 37.7 Å². The maximum atomic E-state index is 11.5. The zero-order valence-corrected chi connectivity index (χ0v) is 11.4. The van der Waals surface area contributed by atoms with Crippen molar-refractivity contribution in [3.05, 3.63) is 32.6 Å². The number of hydrogen-bond donors (Lipinski definition) is 1. The van der Waals surface area contributed by atoms with E-state index < -0.39 is 0 Å². The summed E-state index contributed by atoms with van der Waals surface area (Å²) < 4.78 is 6.95. The monoisotopic (exact) mass is 254 g/mol. The van der Waals surface area contributed by atoms with E-state index in [1.807, 2.05) is 6.92 Å². The van der Waals surface area contributed by atoms with Crippen molar-refractivity contribution in [3.63, 3.8) is 0 Å². The van der Waals surface area contributed by atoms with Crippen LogP contribution in [0.4, 0.5) is 0 Å². The molecule has 0 fully saturated rings. The Morgan fingerprint density at radius 2 is 2.06 bits per heavy atom. The summed E-state index contributed by atoms with van der Waals surface area (Å²) in [6.07, 6.45) is 3.25. The Bertz CT molecular complexity index is 474. The van der Waals surface area contributed by atoms with Gasteiger partial charge in [0, 0.05) is 18.4 Å². The van der Waals surface area contributed by atoms with Crippen LogP contribution in [-0.4, -0.2) is 22.8 Å². The molecule has 1 N–H and O–H groups in total. The topological polar surface area (TPSA) is 64.1 Å². The van der Waals surface area contributed by atoms with Gasteiger partial charge < -0.3 is 4.74 Å². The first-order chi connectivity index (χ1) is 8.54. The minimum absolute atomic E-state index is 0.292. The molecular formula is C13H22N2O3. The number of aryl methyl sites for hydroxylation is 1. The second-order valence-corrected chi connectivity index (χ2v) is 4.76. The molecule has 0 atom stereocenters. The number of nitrogens with zero attached hydrogens (tertiary/aromatic N) is 1. The van der Waals surface area contributed by atoms with Crippen molar-refractivity contribution in [3.8, 4) is 0 Å². The molecule has 0 radical (unpaired) electrons. The summed E-state index contributed by atoms with van der Waals surface area (Å²) in [5, 5.41) is 0. The van der Waals surface area contributed by atoms with Gasteiger partial charge in [-0.3, -0.25) is 14.3 Å². The molecule has 0 bridgehead atoms. The maximum Gasteiger partial charge on any atom is 0.328 e. The molecule has 0 aliphatic heterocycles. The van der Waals surface area contributed by atoms with Crippen LogP contribution in [-0.2, 0) is 17.7 Å². The smallest absolute Gasteiger partial charge is 0.328 e. The molecule has 0 spiro atoms. The number of rotatable bonds is 7. The van der Waals surface area contributed by atoms with Gasteiger partial charge in [0.15, 0.2) is 0 Å². The Kier molecular flexibility index (Phi) is 5.85. The fourth-order valence-corrected chi connectivity index (χ4v) is 1.56. The number of nitrogens with one attached hydrogen (secondary N) is 1. The number of ether oxygens (including phenoxy) is 1. The Morgan fingerprint density at radius 3 is 2.67 bits per heavy atom. The first-order valence-corrected chi connectivity index (χ1v) is 6.45. The summed E-state index contributed by atoms with van der Waals surface area (Å²) in [6, 6.07) is 0. The molecule has 0 saturated carbocycles. The van der Waals surface area contributed by atoms with E-state index in [-0.39, 0.29) is 11.2 Å². The molecule has 1 aromatic heterocycles. The van der Waals surface area contributed by atoms with Gasteiger partial charge in [0.2, 0.25) is 0 Å². The van der Waals surface area contributed by atoms with E-state index in [4.69, 9.17) is 4.74 Å². The lowest BCUT2D eigenvalue weighted by atomic mass is 10.1. The van der Waals surface area contributed by atoms with E-state index >= 15 is 0 Å². The lowest BCUT2D eigenvalue weighted by Crippen LogP contribution is -2.32. The third-order valence-electron chi connectivity index (χ3n) is 2.78. The molecule has 0 saturated heterocycles. The van der Waals surface area contributed by atoms with Crippen LogP contribution in [0.3, 0.4) is 0 Å². The van der Waals surface area contributed by atoms with Crippen LogP contribution in [0.2, 0.25) is 0 Å². The van der Waals surface area contributed by atoms with E-state index in [1.54, 1.807) is 6.20 Å². The van der Waals surface area contributed by atoms with Crippen molar-refractivity contribution >= 4 is 0 Å². The molecule has 5 heteroatoms. The molecule has 102 valence electrons. The minimum atomic E-state index is -0.371. The third kappa shape index (κ3) is 4.49. The molecule has 1 aromatic rings. The highest BCUT2D eigenvalue weighted by Crippen LogP contribution is 1.98. The van der Waals surface area contributed by atoms with Crippen LogP contribution < -0.4 is 11.2 Å². The Balaban J connectivity index is 2.52. The predicted octanol–water partition coefficient (Wildman–Crippen LogP) is 1.16. The van der Waals surface area contributed by atoms with Crippen molar-refractivity contribution < 1.29 is 4.74 Å². The predicted molar refractivity (Wildman–Crippen MR) is 71.0 cm³/mol. The van der Waals surface area contributed by atoms with E-state index in [0.717, 1.165) is 6.42 Å². The van der Waals surface area contributed by atoms with Gasteiger partial charge >= 0.3 is 5.69 Å². The SMILES string of the molecule is CCc1cn(CCOCCC(C)C)c(=O)[nH]c1=O. The van der Waals surface area contributed by atoms with Gasteiger partial charge in [0.05, 0.1) is 13.2 Å². The molecule has 0 amide bonds. The minimum Gasteiger partial charge on any atom is -0.380 e. The molecule has 0 aromatic carbocycles. The van der Waals surface area contributed by atoms with Gasteiger partial charge in [-0.2, -0.15) is 0 Å². The summed E-state index contributed by atoms with van der Waals surface area (Å²) in [7, 11) is 0. The molecule has 0 aliphatic rings. The van der Waals surface area contributed by atoms with E-state index in [1.165, 1.54) is 4.57 Å². The van der Waals surface area contributed by atoms with E-state index in [2.05, 4.69) is 18.8 Å². The highest BCUT2D eigenvalue weighted by molar-refractivity contribution is 5.03. The summed E-state index contributed by atoms with van der Waals surface area (Å²) in [4.78, 5) is 25.2. The first-order valence-electron chi connectivity index (χ1n) is 6.45. The van der Waals surface area contributed by atoms with Gasteiger partial charge in [-0.25, -0.2) is 4.79 Å². The molecule has 0 unspecified atom stereocenters. The Hall–Kier alpha value is -1.36. The van der Waals surface area contributed by atoms with Crippen LogP contribution in [0.1, 0.15) is 32.8 Å². The highest BCUT2D eigenvalue weighted by atomic mass is 16.5. The highest BCUT2D eigenvalue weighted by Gasteiger charge is 2.02. The van der Waals surface area contributed by atoms with Crippen LogP contribution in [0.15, 0.2) is 15.8 Å². The lowest BCUT2D eigenvalue weighted by Gasteiger charge is -2.08. The van der Waals surface area contributed by atoms with Crippen LogP contribution >= 0.6 is 0 Å². The second-order valence-electron chi connectivity index (χ2n) is 4.76.